The Balaban J connectivity index is 1.89. The average molecular weight is 335 g/mol. The number of ketones is 1. The second kappa shape index (κ2) is 9.76. The lowest BCUT2D eigenvalue weighted by Gasteiger charge is -2.11. The molecule has 3 nitrogen and oxygen atoms in total. The summed E-state index contributed by atoms with van der Waals surface area (Å²) in [7, 11) is 0. The van der Waals surface area contributed by atoms with E-state index in [9.17, 15) is 4.79 Å². The predicted molar refractivity (Wildman–Crippen MR) is 100 cm³/mol. The molecule has 2 rings (SSSR count). The fraction of sp³-hybridized carbons (Fsp3) is 0.364. The van der Waals surface area contributed by atoms with Gasteiger partial charge in [-0.05, 0) is 48.8 Å². The van der Waals surface area contributed by atoms with Crippen LogP contribution in [0.4, 0.5) is 0 Å². The molecule has 0 spiro atoms. The molecule has 0 atom stereocenters. The summed E-state index contributed by atoms with van der Waals surface area (Å²) in [5, 5.41) is 0. The van der Waals surface area contributed by atoms with E-state index in [-0.39, 0.29) is 5.78 Å². The normalized spacial score (nSPS) is 10.6. The number of aromatic nitrogens is 1. The molecule has 0 saturated heterocycles. The molecule has 2 aromatic rings. The van der Waals surface area contributed by atoms with Gasteiger partial charge in [0.25, 0.3) is 0 Å². The fourth-order valence-electron chi connectivity index (χ4n) is 2.63. The van der Waals surface area contributed by atoms with Gasteiger partial charge in [-0.25, -0.2) is 0 Å². The first kappa shape index (κ1) is 18.9. The Kier molecular flexibility index (Phi) is 7.37. The van der Waals surface area contributed by atoms with Crippen LogP contribution in [0, 0.1) is 18.3 Å². The smallest absolute Gasteiger partial charge is 0.237 e. The minimum Gasteiger partial charge on any atom is -0.377 e. The van der Waals surface area contributed by atoms with Gasteiger partial charge < -0.3 is 4.74 Å². The molecule has 0 amide bonds. The van der Waals surface area contributed by atoms with E-state index in [1.54, 1.807) is 0 Å². The number of benzene rings is 1. The molecule has 25 heavy (non-hydrogen) atoms. The highest BCUT2D eigenvalue weighted by molar-refractivity contribution is 6.09. The van der Waals surface area contributed by atoms with Gasteiger partial charge in [0.05, 0.1) is 17.9 Å². The summed E-state index contributed by atoms with van der Waals surface area (Å²) in [5.74, 6) is 2.32. The summed E-state index contributed by atoms with van der Waals surface area (Å²) in [4.78, 5) is 16.5. The van der Waals surface area contributed by atoms with Gasteiger partial charge in [-0.3, -0.25) is 9.78 Å². The van der Waals surface area contributed by atoms with E-state index in [2.05, 4.69) is 36.9 Å². The summed E-state index contributed by atoms with van der Waals surface area (Å²) in [5.41, 5.74) is 3.52. The number of carbonyl (C=O) groups is 1. The van der Waals surface area contributed by atoms with E-state index in [4.69, 9.17) is 11.2 Å². The third-order valence-corrected chi connectivity index (χ3v) is 3.84. The zero-order chi connectivity index (χ0) is 18.1. The lowest BCUT2D eigenvalue weighted by Crippen LogP contribution is -2.09. The van der Waals surface area contributed by atoms with E-state index in [1.807, 2.05) is 30.3 Å². The molecular formula is C22H25NO2. The maximum atomic E-state index is 11.9. The van der Waals surface area contributed by atoms with Crippen LogP contribution in [0.1, 0.15) is 47.6 Å². The van der Waals surface area contributed by atoms with Crippen molar-refractivity contribution in [1.82, 2.24) is 4.98 Å². The number of Topliss-reactive ketones (excluding diaryl/α,β-unsaturated/α-hetero) is 1. The van der Waals surface area contributed by atoms with Crippen LogP contribution in [-0.2, 0) is 24.2 Å². The van der Waals surface area contributed by atoms with E-state index in [0.717, 1.165) is 30.7 Å². The van der Waals surface area contributed by atoms with Crippen molar-refractivity contribution in [3.05, 3.63) is 65.0 Å². The van der Waals surface area contributed by atoms with Gasteiger partial charge >= 0.3 is 0 Å². The van der Waals surface area contributed by atoms with E-state index < -0.39 is 0 Å². The number of hydrogen-bond acceptors (Lipinski definition) is 3. The van der Waals surface area contributed by atoms with Crippen molar-refractivity contribution in [1.29, 1.82) is 0 Å². The van der Waals surface area contributed by atoms with Crippen LogP contribution in [0.25, 0.3) is 0 Å². The Morgan fingerprint density at radius 1 is 1.20 bits per heavy atom. The summed E-state index contributed by atoms with van der Waals surface area (Å²) in [6.45, 7) is 5.52. The number of pyridine rings is 1. The topological polar surface area (TPSA) is 39.2 Å². The van der Waals surface area contributed by atoms with Gasteiger partial charge in [0.15, 0.2) is 0 Å². The van der Waals surface area contributed by atoms with Crippen LogP contribution in [-0.4, -0.2) is 17.4 Å². The van der Waals surface area contributed by atoms with Crippen molar-refractivity contribution in [2.24, 2.45) is 5.92 Å². The van der Waals surface area contributed by atoms with Crippen LogP contribution < -0.4 is 0 Å². The quantitative estimate of drug-likeness (QED) is 0.298. The van der Waals surface area contributed by atoms with Gasteiger partial charge in [-0.2, -0.15) is 0 Å². The molecule has 1 heterocycles. The van der Waals surface area contributed by atoms with Gasteiger partial charge in [-0.15, -0.1) is 6.42 Å². The highest BCUT2D eigenvalue weighted by Gasteiger charge is 2.13. The molecule has 130 valence electrons. The first-order valence-electron chi connectivity index (χ1n) is 8.71. The first-order valence-corrected chi connectivity index (χ1v) is 8.71. The molecule has 0 radical (unpaired) electrons. The summed E-state index contributed by atoms with van der Waals surface area (Å²) in [6.07, 6.45) is 7.73. The summed E-state index contributed by atoms with van der Waals surface area (Å²) < 4.78 is 5.71. The van der Waals surface area contributed by atoms with Crippen molar-refractivity contribution in [2.75, 3.05) is 6.61 Å². The lowest BCUT2D eigenvalue weighted by molar-refractivity contribution is 0.105. The third kappa shape index (κ3) is 6.17. The highest BCUT2D eigenvalue weighted by atomic mass is 16.5. The molecule has 0 bridgehead atoms. The maximum Gasteiger partial charge on any atom is 0.237 e. The molecule has 0 saturated carbocycles. The molecule has 0 aliphatic heterocycles. The first-order chi connectivity index (χ1) is 12.1. The van der Waals surface area contributed by atoms with Crippen molar-refractivity contribution in [3.63, 3.8) is 0 Å². The van der Waals surface area contributed by atoms with Crippen molar-refractivity contribution in [3.8, 4) is 12.3 Å². The number of hydrogen-bond donors (Lipinski definition) is 0. The van der Waals surface area contributed by atoms with Gasteiger partial charge in [0, 0.05) is 12.3 Å². The molecule has 0 aliphatic carbocycles. The molecule has 3 heteroatoms. The Labute approximate surface area is 150 Å². The molecule has 1 aromatic carbocycles. The zero-order valence-corrected chi connectivity index (χ0v) is 15.0. The maximum absolute atomic E-state index is 11.9. The van der Waals surface area contributed by atoms with Crippen LogP contribution >= 0.6 is 0 Å². The molecule has 0 fully saturated rings. The Morgan fingerprint density at radius 3 is 2.64 bits per heavy atom. The Bertz CT molecular complexity index is 729. The largest absolute Gasteiger partial charge is 0.377 e. The number of nitrogens with zero attached hydrogens (tertiary/aromatic N) is 1. The average Bonchev–Trinajstić information content (AvgIpc) is 2.61. The number of carbonyl (C=O) groups excluding carboxylic acids is 1. The summed E-state index contributed by atoms with van der Waals surface area (Å²) >= 11 is 0. The predicted octanol–water partition coefficient (Wildman–Crippen LogP) is 4.25. The van der Waals surface area contributed by atoms with Crippen molar-refractivity contribution < 1.29 is 9.53 Å². The Hall–Kier alpha value is -2.44. The number of rotatable bonds is 9. The third-order valence-electron chi connectivity index (χ3n) is 3.84. The van der Waals surface area contributed by atoms with Gasteiger partial charge in [0.2, 0.25) is 5.78 Å². The van der Waals surface area contributed by atoms with Crippen LogP contribution in [0.5, 0.6) is 0 Å². The SMILES string of the molecule is C#CC(=O)c1ccc(CCCOCc2ccccc2)nc1CC(C)C. The zero-order valence-electron chi connectivity index (χ0n) is 15.0. The molecule has 1 aromatic heterocycles. The van der Waals surface area contributed by atoms with E-state index in [0.29, 0.717) is 24.7 Å². The minimum atomic E-state index is -0.291. The van der Waals surface area contributed by atoms with Crippen LogP contribution in [0.2, 0.25) is 0 Å². The van der Waals surface area contributed by atoms with Gasteiger partial charge in [0.1, 0.15) is 0 Å². The number of aryl methyl sites for hydroxylation is 1. The second-order valence-electron chi connectivity index (χ2n) is 6.51. The summed E-state index contributed by atoms with van der Waals surface area (Å²) in [6, 6.07) is 13.8. The van der Waals surface area contributed by atoms with Gasteiger partial charge in [-0.1, -0.05) is 44.2 Å². The van der Waals surface area contributed by atoms with Crippen LogP contribution in [0.15, 0.2) is 42.5 Å². The number of terminal acetylenes is 1. The molecule has 0 unspecified atom stereocenters. The van der Waals surface area contributed by atoms with Crippen molar-refractivity contribution >= 4 is 5.78 Å². The fourth-order valence-corrected chi connectivity index (χ4v) is 2.63. The highest BCUT2D eigenvalue weighted by Crippen LogP contribution is 2.15. The number of ether oxygens (including phenoxy) is 1. The standard InChI is InChI=1S/C22H25NO2/c1-4-22(24)20-13-12-19(23-21(20)15-17(2)3)11-8-14-25-16-18-9-6-5-7-10-18/h1,5-7,9-10,12-13,17H,8,11,14-16H2,2-3H3. The molecule has 0 N–H and O–H groups in total. The second-order valence-corrected chi connectivity index (χ2v) is 6.51. The molecular weight excluding hydrogens is 310 g/mol. The Morgan fingerprint density at radius 2 is 1.96 bits per heavy atom. The van der Waals surface area contributed by atoms with E-state index in [1.165, 1.54) is 5.56 Å². The monoisotopic (exact) mass is 335 g/mol. The van der Waals surface area contributed by atoms with E-state index >= 15 is 0 Å². The minimum absolute atomic E-state index is 0.291. The molecule has 0 aliphatic rings. The van der Waals surface area contributed by atoms with Crippen LogP contribution in [0.3, 0.4) is 0 Å². The van der Waals surface area contributed by atoms with Crippen molar-refractivity contribution in [2.45, 2.75) is 39.7 Å². The lowest BCUT2D eigenvalue weighted by atomic mass is 10.00.